The van der Waals surface area contributed by atoms with Gasteiger partial charge in [-0.25, -0.2) is 13.1 Å². The summed E-state index contributed by atoms with van der Waals surface area (Å²) in [5.41, 5.74) is 1.96. The molecule has 0 fully saturated rings. The number of sulfonamides is 1. The van der Waals surface area contributed by atoms with E-state index in [0.717, 1.165) is 16.3 Å². The summed E-state index contributed by atoms with van der Waals surface area (Å²) >= 11 is 1.64. The maximum Gasteiger partial charge on any atom is 0.211 e. The lowest BCUT2D eigenvalue weighted by Crippen LogP contribution is -2.29. The second-order valence-electron chi connectivity index (χ2n) is 4.17. The van der Waals surface area contributed by atoms with Crippen LogP contribution in [0.25, 0.3) is 10.6 Å². The van der Waals surface area contributed by atoms with Gasteiger partial charge >= 0.3 is 0 Å². The fourth-order valence-electron chi connectivity index (χ4n) is 1.69. The van der Waals surface area contributed by atoms with Crippen molar-refractivity contribution in [3.05, 3.63) is 29.3 Å². The maximum absolute atomic E-state index is 11.3. The topological polar surface area (TPSA) is 64.0 Å². The molecule has 0 saturated carbocycles. The van der Waals surface area contributed by atoms with Crippen molar-refractivity contribution in [1.82, 2.24) is 14.5 Å². The van der Waals surface area contributed by atoms with Crippen LogP contribution in [0.15, 0.2) is 23.6 Å². The fraction of sp³-hybridized carbons (Fsp3) is 0.417. The minimum atomic E-state index is -3.13. The normalized spacial score (nSPS) is 11.9. The number of thiophene rings is 1. The zero-order chi connectivity index (χ0) is 13.9. The van der Waals surface area contributed by atoms with Gasteiger partial charge in [0.1, 0.15) is 5.69 Å². The molecule has 0 bridgehead atoms. The van der Waals surface area contributed by atoms with Crippen LogP contribution in [0.3, 0.4) is 0 Å². The Labute approximate surface area is 117 Å². The monoisotopic (exact) mass is 299 g/mol. The molecule has 0 saturated heterocycles. The second-order valence-corrected chi connectivity index (χ2v) is 7.21. The molecule has 0 aliphatic heterocycles. The Bertz CT molecular complexity index is 630. The first kappa shape index (κ1) is 14.2. The summed E-state index contributed by atoms with van der Waals surface area (Å²) in [4.78, 5) is 1.12. The van der Waals surface area contributed by atoms with Gasteiger partial charge in [-0.1, -0.05) is 6.07 Å². The first-order chi connectivity index (χ1) is 9.02. The summed E-state index contributed by atoms with van der Waals surface area (Å²) in [6, 6.07) is 6.03. The molecule has 2 aromatic rings. The predicted octanol–water partition coefficient (Wildman–Crippen LogP) is 1.86. The van der Waals surface area contributed by atoms with Crippen LogP contribution >= 0.6 is 11.3 Å². The summed E-state index contributed by atoms with van der Waals surface area (Å²) in [6.07, 6.45) is 0. The standard InChI is InChI=1S/C12H17N3O2S2/c1-3-19(16,17)13-6-7-15-10(2)9-11(14-15)12-5-4-8-18-12/h4-5,8-9,13H,3,6-7H2,1-2H3. The van der Waals surface area contributed by atoms with E-state index in [1.807, 2.05) is 35.2 Å². The van der Waals surface area contributed by atoms with Gasteiger partial charge in [-0.3, -0.25) is 4.68 Å². The molecule has 0 radical (unpaired) electrons. The summed E-state index contributed by atoms with van der Waals surface area (Å²) in [6.45, 7) is 4.49. The third-order valence-corrected chi connectivity index (χ3v) is 5.08. The first-order valence-corrected chi connectivity index (χ1v) is 8.60. The third-order valence-electron chi connectivity index (χ3n) is 2.78. The lowest BCUT2D eigenvalue weighted by Gasteiger charge is -2.06. The van der Waals surface area contributed by atoms with Crippen molar-refractivity contribution < 1.29 is 8.42 Å². The Kier molecular flexibility index (Phi) is 4.38. The molecule has 0 amide bonds. The van der Waals surface area contributed by atoms with Gasteiger partial charge in [0.05, 0.1) is 17.2 Å². The Morgan fingerprint density at radius 1 is 1.47 bits per heavy atom. The number of hydrogen-bond acceptors (Lipinski definition) is 4. The number of aromatic nitrogens is 2. The zero-order valence-corrected chi connectivity index (χ0v) is 12.6. The van der Waals surface area contributed by atoms with Gasteiger partial charge in [0.2, 0.25) is 10.0 Å². The highest BCUT2D eigenvalue weighted by Crippen LogP contribution is 2.23. The van der Waals surface area contributed by atoms with Gasteiger partial charge in [-0.2, -0.15) is 5.10 Å². The Balaban J connectivity index is 2.02. The fourth-order valence-corrected chi connectivity index (χ4v) is 2.98. The number of rotatable bonds is 6. The van der Waals surface area contributed by atoms with Gasteiger partial charge in [0.15, 0.2) is 0 Å². The van der Waals surface area contributed by atoms with Crippen molar-refractivity contribution >= 4 is 21.4 Å². The molecule has 1 N–H and O–H groups in total. The Morgan fingerprint density at radius 2 is 2.26 bits per heavy atom. The highest BCUT2D eigenvalue weighted by Gasteiger charge is 2.09. The summed E-state index contributed by atoms with van der Waals surface area (Å²) in [7, 11) is -3.13. The maximum atomic E-state index is 11.3. The van der Waals surface area contributed by atoms with Crippen molar-refractivity contribution in [2.75, 3.05) is 12.3 Å². The third kappa shape index (κ3) is 3.65. The van der Waals surface area contributed by atoms with E-state index in [1.54, 1.807) is 18.3 Å². The minimum Gasteiger partial charge on any atom is -0.268 e. The molecule has 5 nitrogen and oxygen atoms in total. The van der Waals surface area contributed by atoms with E-state index in [2.05, 4.69) is 9.82 Å². The lowest BCUT2D eigenvalue weighted by molar-refractivity contribution is 0.557. The highest BCUT2D eigenvalue weighted by molar-refractivity contribution is 7.89. The summed E-state index contributed by atoms with van der Waals surface area (Å²) in [5, 5.41) is 6.50. The Morgan fingerprint density at radius 3 is 2.89 bits per heavy atom. The predicted molar refractivity (Wildman–Crippen MR) is 77.7 cm³/mol. The summed E-state index contributed by atoms with van der Waals surface area (Å²) in [5.74, 6) is 0.103. The number of nitrogens with one attached hydrogen (secondary N) is 1. The van der Waals surface area contributed by atoms with E-state index in [9.17, 15) is 8.42 Å². The van der Waals surface area contributed by atoms with Crippen LogP contribution in [0.5, 0.6) is 0 Å². The first-order valence-electron chi connectivity index (χ1n) is 6.07. The van der Waals surface area contributed by atoms with Crippen LogP contribution < -0.4 is 4.72 Å². The second kappa shape index (κ2) is 5.85. The van der Waals surface area contributed by atoms with E-state index in [0.29, 0.717) is 13.1 Å². The van der Waals surface area contributed by atoms with Crippen molar-refractivity contribution in [2.45, 2.75) is 20.4 Å². The lowest BCUT2D eigenvalue weighted by atomic mass is 10.3. The van der Waals surface area contributed by atoms with E-state index in [-0.39, 0.29) is 5.75 Å². The van der Waals surface area contributed by atoms with Crippen LogP contribution in [0.2, 0.25) is 0 Å². The van der Waals surface area contributed by atoms with E-state index < -0.39 is 10.0 Å². The molecular formula is C12H17N3O2S2. The van der Waals surface area contributed by atoms with Crippen LogP contribution in [0.1, 0.15) is 12.6 Å². The van der Waals surface area contributed by atoms with Gasteiger partial charge in [-0.15, -0.1) is 11.3 Å². The SMILES string of the molecule is CCS(=O)(=O)NCCn1nc(-c2cccs2)cc1C. The molecule has 0 aliphatic rings. The van der Waals surface area contributed by atoms with Crippen molar-refractivity contribution in [3.8, 4) is 10.6 Å². The van der Waals surface area contributed by atoms with E-state index >= 15 is 0 Å². The van der Waals surface area contributed by atoms with Crippen molar-refractivity contribution in [1.29, 1.82) is 0 Å². The molecule has 0 aromatic carbocycles. The quantitative estimate of drug-likeness (QED) is 0.885. The average molecular weight is 299 g/mol. The number of hydrogen-bond donors (Lipinski definition) is 1. The molecular weight excluding hydrogens is 282 g/mol. The number of nitrogens with zero attached hydrogens (tertiary/aromatic N) is 2. The van der Waals surface area contributed by atoms with Crippen molar-refractivity contribution in [3.63, 3.8) is 0 Å². The smallest absolute Gasteiger partial charge is 0.211 e. The van der Waals surface area contributed by atoms with Crippen LogP contribution in [0, 0.1) is 6.92 Å². The van der Waals surface area contributed by atoms with Crippen LogP contribution in [-0.2, 0) is 16.6 Å². The molecule has 2 rings (SSSR count). The molecule has 7 heteroatoms. The van der Waals surface area contributed by atoms with Gasteiger partial charge < -0.3 is 0 Å². The molecule has 0 aliphatic carbocycles. The zero-order valence-electron chi connectivity index (χ0n) is 11.0. The average Bonchev–Trinajstić information content (AvgIpc) is 2.99. The molecule has 2 heterocycles. The number of aryl methyl sites for hydroxylation is 1. The van der Waals surface area contributed by atoms with E-state index in [1.165, 1.54) is 0 Å². The minimum absolute atomic E-state index is 0.103. The Hall–Kier alpha value is -1.18. The molecule has 0 spiro atoms. The molecule has 0 unspecified atom stereocenters. The highest BCUT2D eigenvalue weighted by atomic mass is 32.2. The van der Waals surface area contributed by atoms with Crippen LogP contribution in [-0.4, -0.2) is 30.5 Å². The molecule has 2 aromatic heterocycles. The van der Waals surface area contributed by atoms with Crippen molar-refractivity contribution in [2.24, 2.45) is 0 Å². The van der Waals surface area contributed by atoms with Gasteiger partial charge in [0, 0.05) is 12.2 Å². The molecule has 104 valence electrons. The molecule has 19 heavy (non-hydrogen) atoms. The van der Waals surface area contributed by atoms with Crippen LogP contribution in [0.4, 0.5) is 0 Å². The van der Waals surface area contributed by atoms with E-state index in [4.69, 9.17) is 0 Å². The van der Waals surface area contributed by atoms with Gasteiger partial charge in [0.25, 0.3) is 0 Å². The largest absolute Gasteiger partial charge is 0.268 e. The molecule has 0 atom stereocenters. The summed E-state index contributed by atoms with van der Waals surface area (Å²) < 4.78 is 27.0. The van der Waals surface area contributed by atoms with Gasteiger partial charge in [-0.05, 0) is 31.4 Å².